The third-order valence-electron chi connectivity index (χ3n) is 7.46. The number of thiocarbonyl (C=S) groups is 1. The van der Waals surface area contributed by atoms with E-state index in [4.69, 9.17) is 23.8 Å². The van der Waals surface area contributed by atoms with Gasteiger partial charge in [0.2, 0.25) is 0 Å². The molecule has 188 valence electrons. The quantitative estimate of drug-likeness (QED) is 0.305. The van der Waals surface area contributed by atoms with Gasteiger partial charge in [0.15, 0.2) is 5.11 Å². The van der Waals surface area contributed by atoms with Crippen LogP contribution in [-0.4, -0.2) is 32.7 Å². The van der Waals surface area contributed by atoms with Crippen molar-refractivity contribution in [2.24, 2.45) is 5.92 Å². The summed E-state index contributed by atoms with van der Waals surface area (Å²) in [4.78, 5) is 13.5. The van der Waals surface area contributed by atoms with Crippen LogP contribution in [0.3, 0.4) is 0 Å². The van der Waals surface area contributed by atoms with Crippen LogP contribution in [0.5, 0.6) is 0 Å². The Bertz CT molecular complexity index is 1380. The van der Waals surface area contributed by atoms with Gasteiger partial charge in [0, 0.05) is 54.9 Å². The van der Waals surface area contributed by atoms with Gasteiger partial charge in [-0.25, -0.2) is 0 Å². The molecule has 0 saturated carbocycles. The zero-order valence-corrected chi connectivity index (χ0v) is 22.2. The predicted octanol–water partition coefficient (Wildman–Crippen LogP) is 6.33. The van der Waals surface area contributed by atoms with Gasteiger partial charge in [-0.05, 0) is 85.6 Å². The second-order valence-corrected chi connectivity index (χ2v) is 10.6. The molecule has 2 aliphatic heterocycles. The lowest BCUT2D eigenvalue weighted by molar-refractivity contribution is 0.438. The van der Waals surface area contributed by atoms with Gasteiger partial charge in [0.05, 0.1) is 22.4 Å². The summed E-state index contributed by atoms with van der Waals surface area (Å²) in [6.07, 6.45) is 9.91. The van der Waals surface area contributed by atoms with Gasteiger partial charge in [-0.15, -0.1) is 0 Å². The van der Waals surface area contributed by atoms with E-state index in [0.29, 0.717) is 5.11 Å². The number of hydrogen-bond acceptors (Lipinski definition) is 4. The number of nitrogens with zero attached hydrogens (tertiary/aromatic N) is 5. The van der Waals surface area contributed by atoms with Crippen molar-refractivity contribution in [3.05, 3.63) is 102 Å². The van der Waals surface area contributed by atoms with Crippen LogP contribution < -0.4 is 15.1 Å². The van der Waals surface area contributed by atoms with Crippen molar-refractivity contribution in [3.63, 3.8) is 0 Å². The monoisotopic (exact) mass is 528 g/mol. The van der Waals surface area contributed by atoms with E-state index >= 15 is 0 Å². The fraction of sp³-hybridized carbons (Fsp3) is 0.276. The molecule has 0 bridgehead atoms. The molecule has 6 nitrogen and oxygen atoms in total. The molecule has 0 unspecified atom stereocenters. The first-order valence-corrected chi connectivity index (χ1v) is 13.5. The Morgan fingerprint density at radius 1 is 0.946 bits per heavy atom. The normalized spacial score (nSPS) is 20.3. The number of benzene rings is 1. The van der Waals surface area contributed by atoms with E-state index in [1.807, 2.05) is 48.9 Å². The molecular formula is C29H29ClN6S. The number of halogens is 1. The van der Waals surface area contributed by atoms with Crippen LogP contribution in [0.25, 0.3) is 5.69 Å². The number of pyridine rings is 2. The first-order chi connectivity index (χ1) is 18.1. The molecule has 0 aliphatic carbocycles. The van der Waals surface area contributed by atoms with E-state index in [-0.39, 0.29) is 12.1 Å². The summed E-state index contributed by atoms with van der Waals surface area (Å²) in [5.74, 6) is 0.767. The summed E-state index contributed by atoms with van der Waals surface area (Å²) in [7, 11) is 0. The Morgan fingerprint density at radius 2 is 1.76 bits per heavy atom. The fourth-order valence-electron chi connectivity index (χ4n) is 5.46. The second-order valence-electron chi connectivity index (χ2n) is 9.81. The molecule has 0 spiro atoms. The summed E-state index contributed by atoms with van der Waals surface area (Å²) in [5, 5.41) is 4.95. The van der Waals surface area contributed by atoms with Gasteiger partial charge >= 0.3 is 0 Å². The Morgan fingerprint density at radius 3 is 2.49 bits per heavy atom. The molecule has 0 radical (unpaired) electrons. The highest BCUT2D eigenvalue weighted by molar-refractivity contribution is 7.80. The zero-order chi connectivity index (χ0) is 25.4. The van der Waals surface area contributed by atoms with Gasteiger partial charge in [0.1, 0.15) is 6.04 Å². The summed E-state index contributed by atoms with van der Waals surface area (Å²) >= 11 is 12.9. The highest BCUT2D eigenvalue weighted by Crippen LogP contribution is 2.44. The Kier molecular flexibility index (Phi) is 6.57. The minimum Gasteiger partial charge on any atom is -0.370 e. The first kappa shape index (κ1) is 23.9. The van der Waals surface area contributed by atoms with Crippen molar-refractivity contribution in [1.29, 1.82) is 0 Å². The minimum absolute atomic E-state index is 0.133. The molecule has 2 aliphatic rings. The summed E-state index contributed by atoms with van der Waals surface area (Å²) in [6, 6.07) is 20.3. The Labute approximate surface area is 227 Å². The maximum absolute atomic E-state index is 6.92. The van der Waals surface area contributed by atoms with Crippen LogP contribution in [0, 0.1) is 5.92 Å². The lowest BCUT2D eigenvalue weighted by Crippen LogP contribution is -2.33. The van der Waals surface area contributed by atoms with Crippen molar-refractivity contribution in [3.8, 4) is 5.69 Å². The van der Waals surface area contributed by atoms with E-state index < -0.39 is 0 Å². The lowest BCUT2D eigenvalue weighted by atomic mass is 9.98. The average Bonchev–Trinajstić information content (AvgIpc) is 3.54. The number of hydrogen-bond donors (Lipinski definition) is 1. The van der Waals surface area contributed by atoms with Crippen molar-refractivity contribution in [2.75, 3.05) is 22.9 Å². The Balaban J connectivity index is 1.42. The van der Waals surface area contributed by atoms with Gasteiger partial charge in [-0.1, -0.05) is 24.6 Å². The fourth-order valence-corrected chi connectivity index (χ4v) is 6.10. The molecule has 2 saturated heterocycles. The van der Waals surface area contributed by atoms with Crippen molar-refractivity contribution < 1.29 is 0 Å². The molecule has 3 aromatic heterocycles. The van der Waals surface area contributed by atoms with Crippen LogP contribution in [0.15, 0.2) is 85.5 Å². The molecule has 5 heterocycles. The minimum atomic E-state index is -0.136. The van der Waals surface area contributed by atoms with E-state index in [2.05, 4.69) is 73.1 Å². The molecule has 8 heteroatoms. The molecule has 1 aromatic carbocycles. The SMILES string of the molecule is CC1CCN(c2ccc(N3C(=S)N[C@H](c4ccccn4)[C@@H]3c3cccn3-c3ccncc3)cc2Cl)CC1. The molecule has 1 N–H and O–H groups in total. The van der Waals surface area contributed by atoms with Gasteiger partial charge in [0.25, 0.3) is 0 Å². The summed E-state index contributed by atoms with van der Waals surface area (Å²) < 4.78 is 2.19. The number of aromatic nitrogens is 3. The van der Waals surface area contributed by atoms with Gasteiger partial charge in [-0.2, -0.15) is 0 Å². The van der Waals surface area contributed by atoms with Crippen molar-refractivity contribution in [2.45, 2.75) is 31.8 Å². The van der Waals surface area contributed by atoms with Crippen LogP contribution in [-0.2, 0) is 0 Å². The molecule has 0 amide bonds. The average molecular weight is 529 g/mol. The number of anilines is 2. The second kappa shape index (κ2) is 10.1. The molecule has 37 heavy (non-hydrogen) atoms. The number of nitrogens with one attached hydrogen (secondary N) is 1. The highest BCUT2D eigenvalue weighted by atomic mass is 35.5. The van der Waals surface area contributed by atoms with Crippen molar-refractivity contribution >= 4 is 40.3 Å². The summed E-state index contributed by atoms with van der Waals surface area (Å²) in [5.41, 5.74) is 5.13. The summed E-state index contributed by atoms with van der Waals surface area (Å²) in [6.45, 7) is 4.39. The molecule has 2 fully saturated rings. The van der Waals surface area contributed by atoms with Crippen LogP contribution in [0.4, 0.5) is 11.4 Å². The standard InChI is InChI=1S/C29H29ClN6S/c1-20-11-17-34(18-12-20)25-8-7-22(19-23(25)30)36-28(27(33-29(36)37)24-5-2-3-13-32-24)26-6-4-16-35(26)21-9-14-31-15-10-21/h2-10,13-16,19-20,27-28H,11-12,17-18H2,1H3,(H,33,37)/t27-,28+/m1/s1. The topological polar surface area (TPSA) is 49.2 Å². The first-order valence-electron chi connectivity index (χ1n) is 12.7. The van der Waals surface area contributed by atoms with E-state index in [1.165, 1.54) is 12.8 Å². The maximum Gasteiger partial charge on any atom is 0.174 e. The lowest BCUT2D eigenvalue weighted by Gasteiger charge is -2.33. The predicted molar refractivity (Wildman–Crippen MR) is 154 cm³/mol. The number of piperidine rings is 1. The Hall–Kier alpha value is -3.42. The number of rotatable bonds is 5. The van der Waals surface area contributed by atoms with Crippen molar-refractivity contribution in [1.82, 2.24) is 19.9 Å². The molecule has 2 atom stereocenters. The zero-order valence-electron chi connectivity index (χ0n) is 20.7. The van der Waals surface area contributed by atoms with Gasteiger partial charge < -0.3 is 19.7 Å². The van der Waals surface area contributed by atoms with E-state index in [0.717, 1.165) is 52.5 Å². The van der Waals surface area contributed by atoms with Crippen LogP contribution in [0.2, 0.25) is 5.02 Å². The molecule has 4 aromatic rings. The highest BCUT2D eigenvalue weighted by Gasteiger charge is 2.42. The van der Waals surface area contributed by atoms with Crippen LogP contribution >= 0.6 is 23.8 Å². The third kappa shape index (κ3) is 4.58. The van der Waals surface area contributed by atoms with E-state index in [9.17, 15) is 0 Å². The van der Waals surface area contributed by atoms with E-state index in [1.54, 1.807) is 0 Å². The molecule has 6 rings (SSSR count). The maximum atomic E-state index is 6.92. The molecular weight excluding hydrogens is 500 g/mol. The largest absolute Gasteiger partial charge is 0.370 e. The third-order valence-corrected chi connectivity index (χ3v) is 8.07. The van der Waals surface area contributed by atoms with Crippen LogP contribution in [0.1, 0.15) is 43.2 Å². The van der Waals surface area contributed by atoms with Gasteiger partial charge in [-0.3, -0.25) is 9.97 Å². The smallest absolute Gasteiger partial charge is 0.174 e.